The summed E-state index contributed by atoms with van der Waals surface area (Å²) in [6.45, 7) is 23.0. The van der Waals surface area contributed by atoms with Crippen molar-refractivity contribution in [2.24, 2.45) is 0 Å². The van der Waals surface area contributed by atoms with E-state index in [1.165, 1.54) is 34.6 Å². The lowest BCUT2D eigenvalue weighted by molar-refractivity contribution is -0.229. The first-order valence-electron chi connectivity index (χ1n) is 7.82. The van der Waals surface area contributed by atoms with Crippen molar-refractivity contribution < 1.29 is 54.5 Å². The van der Waals surface area contributed by atoms with Gasteiger partial charge in [-0.1, -0.05) is 32.9 Å². The molecule has 0 aliphatic carbocycles. The molecule has 0 bridgehead atoms. The number of aliphatic carboxylic acids is 4. The van der Waals surface area contributed by atoms with Gasteiger partial charge in [-0.2, -0.15) is 5.26 Å². The molecule has 0 aromatic rings. The zero-order chi connectivity index (χ0) is 26.5. The average Bonchev–Trinajstić information content (AvgIpc) is 2.62. The largest absolute Gasteiger partial charge is 0.478 e. The summed E-state index contributed by atoms with van der Waals surface area (Å²) < 4.78 is 0. The average molecular weight is 446 g/mol. The summed E-state index contributed by atoms with van der Waals surface area (Å²) in [5, 5.41) is 39.2. The zero-order valence-electron chi connectivity index (χ0n) is 18.2. The third-order valence-corrected chi connectivity index (χ3v) is 1.89. The fraction of sp³-hybridized carbons (Fsp3) is 0.250. The topological polar surface area (TPSA) is 196 Å². The molecule has 176 valence electrons. The van der Waals surface area contributed by atoms with Crippen LogP contribution in [-0.4, -0.2) is 55.5 Å². The number of carboxylic acids is 4. The maximum Gasteiger partial charge on any atom is 0.367 e. The van der Waals surface area contributed by atoms with Gasteiger partial charge in [-0.3, -0.25) is 4.89 Å². The standard InChI is InChI=1S/C4H6O3.4C4H6O2/c1-3(2)4(5)7-6;4*1-3(2)4(5)6/h6H,1H2,2H3;4*1H2,2H3,(H,5,6). The maximum atomic E-state index is 9.94. The molecule has 0 unspecified atom stereocenters. The molecular formula is C20H30O11. The summed E-state index contributed by atoms with van der Waals surface area (Å²) in [4.78, 5) is 51.6. The Morgan fingerprint density at radius 3 is 0.613 bits per heavy atom. The minimum atomic E-state index is -0.935. The highest BCUT2D eigenvalue weighted by atomic mass is 17.1. The Morgan fingerprint density at radius 2 is 0.613 bits per heavy atom. The highest BCUT2D eigenvalue weighted by Gasteiger charge is 1.98. The number of carbonyl (C=O) groups is 5. The van der Waals surface area contributed by atoms with E-state index in [4.69, 9.17) is 25.7 Å². The SMILES string of the molecule is C=C(C)C(=O)O.C=C(C)C(=O)O.C=C(C)C(=O)O.C=C(C)C(=O)O.C=C(C)C(=O)OO. The van der Waals surface area contributed by atoms with Gasteiger partial charge in [-0.25, -0.2) is 24.0 Å². The van der Waals surface area contributed by atoms with Gasteiger partial charge < -0.3 is 20.4 Å². The van der Waals surface area contributed by atoms with Crippen LogP contribution in [0, 0.1) is 0 Å². The van der Waals surface area contributed by atoms with Gasteiger partial charge >= 0.3 is 29.8 Å². The van der Waals surface area contributed by atoms with E-state index in [0.29, 0.717) is 0 Å². The van der Waals surface area contributed by atoms with Crippen LogP contribution in [0.25, 0.3) is 0 Å². The first-order valence-corrected chi connectivity index (χ1v) is 7.82. The highest BCUT2D eigenvalue weighted by molar-refractivity contribution is 5.86. The minimum absolute atomic E-state index is 0.176. The second-order valence-corrected chi connectivity index (χ2v) is 5.50. The molecule has 0 spiro atoms. The molecule has 0 atom stereocenters. The predicted octanol–water partition coefficient (Wildman–Crippen LogP) is 3.17. The van der Waals surface area contributed by atoms with Gasteiger partial charge in [0.2, 0.25) is 0 Å². The molecule has 0 rings (SSSR count). The molecule has 0 aromatic carbocycles. The first-order chi connectivity index (χ1) is 13.8. The summed E-state index contributed by atoms with van der Waals surface area (Å²) >= 11 is 0. The van der Waals surface area contributed by atoms with Crippen LogP contribution in [0.5, 0.6) is 0 Å². The molecule has 31 heavy (non-hydrogen) atoms. The Morgan fingerprint density at radius 1 is 0.484 bits per heavy atom. The Balaban J connectivity index is -0.0000000910. The molecule has 5 N–H and O–H groups in total. The van der Waals surface area contributed by atoms with Crippen LogP contribution in [0.2, 0.25) is 0 Å². The normalized spacial score (nSPS) is 7.55. The van der Waals surface area contributed by atoms with Crippen molar-refractivity contribution in [1.29, 1.82) is 0 Å². The lowest BCUT2D eigenvalue weighted by atomic mass is 10.4. The van der Waals surface area contributed by atoms with E-state index in [9.17, 15) is 24.0 Å². The Hall–Kier alpha value is -3.99. The van der Waals surface area contributed by atoms with Crippen molar-refractivity contribution in [3.63, 3.8) is 0 Å². The highest BCUT2D eigenvalue weighted by Crippen LogP contribution is 1.87. The van der Waals surface area contributed by atoms with Crippen molar-refractivity contribution in [3.05, 3.63) is 60.8 Å². The Bertz CT molecular complexity index is 569. The smallest absolute Gasteiger partial charge is 0.367 e. The van der Waals surface area contributed by atoms with Gasteiger partial charge in [0.25, 0.3) is 0 Å². The summed E-state index contributed by atoms with van der Waals surface area (Å²) in [6, 6.07) is 0. The molecule has 0 heterocycles. The van der Waals surface area contributed by atoms with Gasteiger partial charge in [0.05, 0.1) is 0 Å². The molecule has 0 fully saturated rings. The second kappa shape index (κ2) is 22.3. The van der Waals surface area contributed by atoms with Crippen LogP contribution in [-0.2, 0) is 28.9 Å². The van der Waals surface area contributed by atoms with Gasteiger partial charge in [0.1, 0.15) is 0 Å². The lowest BCUT2D eigenvalue weighted by Gasteiger charge is -1.88. The number of rotatable bonds is 5. The van der Waals surface area contributed by atoms with E-state index < -0.39 is 29.8 Å². The summed E-state index contributed by atoms with van der Waals surface area (Å²) in [7, 11) is 0. The van der Waals surface area contributed by atoms with Crippen LogP contribution in [0.1, 0.15) is 34.6 Å². The van der Waals surface area contributed by atoms with E-state index in [1.807, 2.05) is 0 Å². The van der Waals surface area contributed by atoms with Crippen molar-refractivity contribution in [3.8, 4) is 0 Å². The number of hydrogen-bond donors (Lipinski definition) is 5. The fourth-order valence-corrected chi connectivity index (χ4v) is 0.0779. The minimum Gasteiger partial charge on any atom is -0.478 e. The number of carboxylic acid groups (broad SMARTS) is 4. The fourth-order valence-electron chi connectivity index (χ4n) is 0.0779. The van der Waals surface area contributed by atoms with Crippen molar-refractivity contribution >= 4 is 29.8 Å². The molecule has 0 aromatic heterocycles. The molecule has 11 nitrogen and oxygen atoms in total. The Labute approximate surface area is 180 Å². The van der Waals surface area contributed by atoms with Crippen molar-refractivity contribution in [2.75, 3.05) is 0 Å². The third kappa shape index (κ3) is 46.2. The van der Waals surface area contributed by atoms with E-state index >= 15 is 0 Å². The zero-order valence-corrected chi connectivity index (χ0v) is 18.2. The van der Waals surface area contributed by atoms with Crippen LogP contribution in [0.3, 0.4) is 0 Å². The molecule has 0 saturated heterocycles. The number of carbonyl (C=O) groups excluding carboxylic acids is 1. The Kier molecular flexibility index (Phi) is 27.1. The third-order valence-electron chi connectivity index (χ3n) is 1.89. The van der Waals surface area contributed by atoms with E-state index in [-0.39, 0.29) is 27.9 Å². The molecule has 11 heteroatoms. The van der Waals surface area contributed by atoms with Gasteiger partial charge in [-0.05, 0) is 34.6 Å². The van der Waals surface area contributed by atoms with E-state index in [0.717, 1.165) is 0 Å². The van der Waals surface area contributed by atoms with Crippen molar-refractivity contribution in [1.82, 2.24) is 0 Å². The summed E-state index contributed by atoms with van der Waals surface area (Å²) in [5.41, 5.74) is 0.887. The van der Waals surface area contributed by atoms with Crippen LogP contribution in [0.15, 0.2) is 60.8 Å². The van der Waals surface area contributed by atoms with E-state index in [2.05, 4.69) is 37.8 Å². The summed E-state index contributed by atoms with van der Waals surface area (Å²) in [6.07, 6.45) is 0. The van der Waals surface area contributed by atoms with Gasteiger partial charge in [-0.15, -0.1) is 0 Å². The second-order valence-electron chi connectivity index (χ2n) is 5.50. The number of hydrogen-bond acceptors (Lipinski definition) is 7. The van der Waals surface area contributed by atoms with Crippen LogP contribution in [0.4, 0.5) is 0 Å². The lowest BCUT2D eigenvalue weighted by Crippen LogP contribution is -1.99. The van der Waals surface area contributed by atoms with Crippen LogP contribution >= 0.6 is 0 Å². The van der Waals surface area contributed by atoms with Crippen molar-refractivity contribution in [2.45, 2.75) is 34.6 Å². The van der Waals surface area contributed by atoms with Gasteiger partial charge in [0.15, 0.2) is 0 Å². The summed E-state index contributed by atoms with van der Waals surface area (Å²) in [5.74, 6) is -4.53. The van der Waals surface area contributed by atoms with Gasteiger partial charge in [0, 0.05) is 27.9 Å². The molecule has 0 radical (unpaired) electrons. The van der Waals surface area contributed by atoms with E-state index in [1.54, 1.807) is 0 Å². The molecule has 0 amide bonds. The molecule has 0 aliphatic rings. The monoisotopic (exact) mass is 446 g/mol. The molecular weight excluding hydrogens is 416 g/mol. The first kappa shape index (κ1) is 37.7. The maximum absolute atomic E-state index is 9.94. The predicted molar refractivity (Wildman–Crippen MR) is 113 cm³/mol. The quantitative estimate of drug-likeness (QED) is 0.236. The van der Waals surface area contributed by atoms with Crippen LogP contribution < -0.4 is 0 Å². The molecule has 0 aliphatic heterocycles. The molecule has 0 saturated carbocycles.